The maximum atomic E-state index is 13.1. The molecule has 0 atom stereocenters. The Bertz CT molecular complexity index is 1080. The van der Waals surface area contributed by atoms with Gasteiger partial charge in [-0.1, -0.05) is 12.1 Å². The first-order valence-corrected chi connectivity index (χ1v) is 12.1. The summed E-state index contributed by atoms with van der Waals surface area (Å²) in [4.78, 5) is 34.5. The van der Waals surface area contributed by atoms with Crippen LogP contribution in [0.3, 0.4) is 0 Å². The molecule has 0 aliphatic carbocycles. The molecule has 2 aliphatic heterocycles. The van der Waals surface area contributed by atoms with E-state index in [0.29, 0.717) is 44.8 Å². The third kappa shape index (κ3) is 4.61. The highest BCUT2D eigenvalue weighted by molar-refractivity contribution is 7.89. The van der Waals surface area contributed by atoms with Crippen LogP contribution in [0.2, 0.25) is 0 Å². The molecule has 1 aromatic heterocycles. The summed E-state index contributed by atoms with van der Waals surface area (Å²) in [5.74, 6) is 0.652. The Kier molecular flexibility index (Phi) is 6.43. The average molecular weight is 458 g/mol. The Labute approximate surface area is 188 Å². The summed E-state index contributed by atoms with van der Waals surface area (Å²) in [5, 5.41) is 0. The van der Waals surface area contributed by atoms with Crippen LogP contribution < -0.4 is 4.90 Å². The van der Waals surface area contributed by atoms with E-state index in [4.69, 9.17) is 0 Å². The van der Waals surface area contributed by atoms with Gasteiger partial charge < -0.3 is 14.7 Å². The molecule has 32 heavy (non-hydrogen) atoms. The number of hydrogen-bond donors (Lipinski definition) is 0. The van der Waals surface area contributed by atoms with Crippen LogP contribution in [-0.2, 0) is 14.8 Å². The molecule has 2 aromatic rings. The van der Waals surface area contributed by atoms with Crippen LogP contribution in [-0.4, -0.2) is 91.7 Å². The number of carbonyl (C=O) groups excluding carboxylic acids is 2. The van der Waals surface area contributed by atoms with Gasteiger partial charge in [-0.15, -0.1) is 0 Å². The summed E-state index contributed by atoms with van der Waals surface area (Å²) in [7, 11) is -3.73. The zero-order valence-corrected chi connectivity index (χ0v) is 18.9. The number of piperazine rings is 2. The summed E-state index contributed by atoms with van der Waals surface area (Å²) < 4.78 is 27.6. The second-order valence-corrected chi connectivity index (χ2v) is 9.84. The zero-order chi connectivity index (χ0) is 22.7. The van der Waals surface area contributed by atoms with Gasteiger partial charge >= 0.3 is 0 Å². The molecule has 9 nitrogen and oxygen atoms in total. The van der Waals surface area contributed by atoms with E-state index in [0.717, 1.165) is 5.82 Å². The summed E-state index contributed by atoms with van der Waals surface area (Å²) in [6, 6.07) is 12.0. The van der Waals surface area contributed by atoms with Crippen molar-refractivity contribution < 1.29 is 18.0 Å². The van der Waals surface area contributed by atoms with Gasteiger partial charge in [0.2, 0.25) is 15.9 Å². The summed E-state index contributed by atoms with van der Waals surface area (Å²) in [6.45, 7) is 5.13. The molecular formula is C22H27N5O4S. The van der Waals surface area contributed by atoms with Crippen molar-refractivity contribution in [2.75, 3.05) is 57.3 Å². The maximum Gasteiger partial charge on any atom is 0.254 e. The highest BCUT2D eigenvalue weighted by Crippen LogP contribution is 2.21. The normalized spacial score (nSPS) is 18.0. The third-order valence-electron chi connectivity index (χ3n) is 5.94. The van der Waals surface area contributed by atoms with Crippen LogP contribution in [0.4, 0.5) is 5.82 Å². The lowest BCUT2D eigenvalue weighted by molar-refractivity contribution is -0.129. The van der Waals surface area contributed by atoms with Crippen molar-refractivity contribution in [3.8, 4) is 0 Å². The lowest BCUT2D eigenvalue weighted by Crippen LogP contribution is -2.50. The van der Waals surface area contributed by atoms with Gasteiger partial charge in [0.15, 0.2) is 0 Å². The van der Waals surface area contributed by atoms with Crippen LogP contribution >= 0.6 is 0 Å². The van der Waals surface area contributed by atoms with Crippen molar-refractivity contribution in [2.45, 2.75) is 11.8 Å². The standard InChI is InChI=1S/C22H27N5O4S/c1-18(28)24-13-15-27(16-14-24)32(30,31)20-6-4-5-19(17-20)22(29)26-11-9-25(10-12-26)21-7-2-3-8-23-21/h2-8,17H,9-16H2,1H3. The molecule has 2 fully saturated rings. The lowest BCUT2D eigenvalue weighted by Gasteiger charge is -2.35. The number of anilines is 1. The molecule has 0 unspecified atom stereocenters. The van der Waals surface area contributed by atoms with Crippen LogP contribution in [0.1, 0.15) is 17.3 Å². The number of aromatic nitrogens is 1. The molecule has 2 saturated heterocycles. The third-order valence-corrected chi connectivity index (χ3v) is 7.84. The molecule has 2 aliphatic rings. The highest BCUT2D eigenvalue weighted by Gasteiger charge is 2.30. The van der Waals surface area contributed by atoms with Crippen molar-refractivity contribution in [1.29, 1.82) is 0 Å². The van der Waals surface area contributed by atoms with E-state index in [1.807, 2.05) is 18.2 Å². The Morgan fingerprint density at radius 3 is 2.16 bits per heavy atom. The molecule has 4 rings (SSSR count). The number of hydrogen-bond acceptors (Lipinski definition) is 6. The number of sulfonamides is 1. The van der Waals surface area contributed by atoms with E-state index in [2.05, 4.69) is 9.88 Å². The molecule has 3 heterocycles. The Hall–Kier alpha value is -2.98. The van der Waals surface area contributed by atoms with Gasteiger partial charge in [0.25, 0.3) is 5.91 Å². The fraction of sp³-hybridized carbons (Fsp3) is 0.409. The van der Waals surface area contributed by atoms with E-state index in [1.165, 1.54) is 23.4 Å². The number of amides is 2. The number of pyridine rings is 1. The first-order valence-electron chi connectivity index (χ1n) is 10.7. The minimum Gasteiger partial charge on any atom is -0.353 e. The van der Waals surface area contributed by atoms with Gasteiger partial charge in [-0.25, -0.2) is 13.4 Å². The molecule has 0 N–H and O–H groups in total. The number of rotatable bonds is 4. The minimum absolute atomic E-state index is 0.0576. The summed E-state index contributed by atoms with van der Waals surface area (Å²) in [5.41, 5.74) is 0.361. The minimum atomic E-state index is -3.73. The second kappa shape index (κ2) is 9.25. The molecular weight excluding hydrogens is 430 g/mol. The predicted molar refractivity (Wildman–Crippen MR) is 120 cm³/mol. The van der Waals surface area contributed by atoms with Crippen LogP contribution in [0, 0.1) is 0 Å². The molecule has 0 saturated carbocycles. The fourth-order valence-corrected chi connectivity index (χ4v) is 5.51. The van der Waals surface area contributed by atoms with Crippen molar-refractivity contribution in [2.24, 2.45) is 0 Å². The maximum absolute atomic E-state index is 13.1. The van der Waals surface area contributed by atoms with Gasteiger partial charge in [0, 0.05) is 71.0 Å². The number of carbonyl (C=O) groups is 2. The van der Waals surface area contributed by atoms with Crippen LogP contribution in [0.15, 0.2) is 53.6 Å². The molecule has 1 aromatic carbocycles. The average Bonchev–Trinajstić information content (AvgIpc) is 2.84. The van der Waals surface area contributed by atoms with E-state index < -0.39 is 10.0 Å². The Balaban J connectivity index is 1.42. The Morgan fingerprint density at radius 2 is 1.53 bits per heavy atom. The van der Waals surface area contributed by atoms with Gasteiger partial charge in [0.05, 0.1) is 4.90 Å². The summed E-state index contributed by atoms with van der Waals surface area (Å²) in [6.07, 6.45) is 1.75. The predicted octanol–water partition coefficient (Wildman–Crippen LogP) is 0.897. The number of nitrogens with zero attached hydrogens (tertiary/aromatic N) is 5. The first kappa shape index (κ1) is 22.2. The van der Waals surface area contributed by atoms with E-state index in [1.54, 1.807) is 28.1 Å². The molecule has 10 heteroatoms. The van der Waals surface area contributed by atoms with Crippen molar-refractivity contribution in [3.05, 3.63) is 54.2 Å². The van der Waals surface area contributed by atoms with E-state index in [9.17, 15) is 18.0 Å². The fourth-order valence-electron chi connectivity index (χ4n) is 4.04. The lowest BCUT2D eigenvalue weighted by atomic mass is 10.2. The van der Waals surface area contributed by atoms with E-state index >= 15 is 0 Å². The SMILES string of the molecule is CC(=O)N1CCN(S(=O)(=O)c2cccc(C(=O)N3CCN(c4ccccn4)CC3)c2)CC1. The first-order chi connectivity index (χ1) is 15.4. The molecule has 0 radical (unpaired) electrons. The summed E-state index contributed by atoms with van der Waals surface area (Å²) >= 11 is 0. The van der Waals surface area contributed by atoms with Crippen LogP contribution in [0.25, 0.3) is 0 Å². The topological polar surface area (TPSA) is 94.1 Å². The highest BCUT2D eigenvalue weighted by atomic mass is 32.2. The largest absolute Gasteiger partial charge is 0.353 e. The molecule has 0 bridgehead atoms. The quantitative estimate of drug-likeness (QED) is 0.677. The Morgan fingerprint density at radius 1 is 0.844 bits per heavy atom. The van der Waals surface area contributed by atoms with Gasteiger partial charge in [0.1, 0.15) is 5.82 Å². The van der Waals surface area contributed by atoms with Crippen LogP contribution in [0.5, 0.6) is 0 Å². The van der Waals surface area contributed by atoms with Crippen molar-refractivity contribution in [1.82, 2.24) is 19.1 Å². The van der Waals surface area contributed by atoms with Gasteiger partial charge in [-0.05, 0) is 30.3 Å². The monoisotopic (exact) mass is 457 g/mol. The van der Waals surface area contributed by atoms with Crippen molar-refractivity contribution in [3.63, 3.8) is 0 Å². The second-order valence-electron chi connectivity index (χ2n) is 7.91. The number of benzene rings is 1. The molecule has 0 spiro atoms. The molecule has 2 amide bonds. The van der Waals surface area contributed by atoms with Gasteiger partial charge in [-0.2, -0.15) is 4.31 Å². The smallest absolute Gasteiger partial charge is 0.254 e. The van der Waals surface area contributed by atoms with Gasteiger partial charge in [-0.3, -0.25) is 9.59 Å². The molecule has 170 valence electrons. The van der Waals surface area contributed by atoms with Crippen molar-refractivity contribution >= 4 is 27.7 Å². The van der Waals surface area contributed by atoms with E-state index in [-0.39, 0.29) is 29.8 Å². The zero-order valence-electron chi connectivity index (χ0n) is 18.1.